The number of hydrogen-bond acceptors (Lipinski definition) is 4. The second kappa shape index (κ2) is 13.1. The molecule has 0 saturated carbocycles. The van der Waals surface area contributed by atoms with E-state index in [-0.39, 0.29) is 36.1 Å². The average molecular weight is 543 g/mol. The Morgan fingerprint density at radius 1 is 0.821 bits per heavy atom. The third-order valence-electron chi connectivity index (χ3n) is 6.31. The van der Waals surface area contributed by atoms with Crippen LogP contribution in [0.1, 0.15) is 40.4 Å². The van der Waals surface area contributed by atoms with Crippen LogP contribution < -0.4 is 14.4 Å². The van der Waals surface area contributed by atoms with Gasteiger partial charge in [0.15, 0.2) is 0 Å². The van der Waals surface area contributed by atoms with Crippen LogP contribution in [0.3, 0.4) is 0 Å². The first kappa shape index (κ1) is 27.9. The molecule has 0 fully saturated rings. The highest BCUT2D eigenvalue weighted by atomic mass is 32.2. The number of carbonyl (C=O) groups excluding carboxylic acids is 1. The van der Waals surface area contributed by atoms with Crippen molar-refractivity contribution in [2.75, 3.05) is 17.5 Å². The Morgan fingerprint density at radius 3 is 2.18 bits per heavy atom. The Labute approximate surface area is 231 Å². The van der Waals surface area contributed by atoms with Gasteiger partial charge in [-0.05, 0) is 60.9 Å². The third-order valence-corrected chi connectivity index (χ3v) is 8.09. The highest BCUT2D eigenvalue weighted by molar-refractivity contribution is 7.92. The van der Waals surface area contributed by atoms with Gasteiger partial charge in [0.05, 0.1) is 29.2 Å². The van der Waals surface area contributed by atoms with E-state index in [0.717, 1.165) is 29.7 Å². The molecule has 6 nitrogen and oxygen atoms in total. The predicted molar refractivity (Wildman–Crippen MR) is 156 cm³/mol. The quantitative estimate of drug-likeness (QED) is 0.218. The van der Waals surface area contributed by atoms with Gasteiger partial charge < -0.3 is 10.1 Å². The molecule has 7 heteroatoms. The molecule has 0 aliphatic heterocycles. The zero-order chi connectivity index (χ0) is 27.7. The fourth-order valence-corrected chi connectivity index (χ4v) is 5.71. The molecular weight excluding hydrogens is 508 g/mol. The number of aryl methyl sites for hydroxylation is 2. The van der Waals surface area contributed by atoms with Gasteiger partial charge in [-0.15, -0.1) is 0 Å². The molecule has 0 aromatic heterocycles. The summed E-state index contributed by atoms with van der Waals surface area (Å²) in [4.78, 5) is 13.4. The van der Waals surface area contributed by atoms with Crippen LogP contribution in [0.5, 0.6) is 5.75 Å². The summed E-state index contributed by atoms with van der Waals surface area (Å²) in [5, 5.41) is 2.87. The largest absolute Gasteiger partial charge is 0.492 e. The van der Waals surface area contributed by atoms with Crippen molar-refractivity contribution in [2.24, 2.45) is 0 Å². The monoisotopic (exact) mass is 542 g/mol. The van der Waals surface area contributed by atoms with Crippen molar-refractivity contribution in [3.05, 3.63) is 125 Å². The van der Waals surface area contributed by atoms with Crippen LogP contribution in [-0.2, 0) is 23.0 Å². The van der Waals surface area contributed by atoms with Crippen molar-refractivity contribution in [1.82, 2.24) is 5.32 Å². The fourth-order valence-electron chi connectivity index (χ4n) is 4.24. The number of anilines is 1. The molecule has 1 amide bonds. The van der Waals surface area contributed by atoms with E-state index in [0.29, 0.717) is 5.69 Å². The summed E-state index contributed by atoms with van der Waals surface area (Å²) in [5.74, 6) is 0.368. The van der Waals surface area contributed by atoms with Crippen molar-refractivity contribution in [3.63, 3.8) is 0 Å². The minimum absolute atomic E-state index is 0.0818. The fraction of sp³-hybridized carbons (Fsp3) is 0.219. The molecule has 4 aromatic carbocycles. The molecular formula is C32H34N2O4S. The van der Waals surface area contributed by atoms with Gasteiger partial charge in [0.25, 0.3) is 15.9 Å². The molecule has 0 aliphatic carbocycles. The Kier molecular flexibility index (Phi) is 9.39. The van der Waals surface area contributed by atoms with Gasteiger partial charge in [-0.3, -0.25) is 9.10 Å². The number of rotatable bonds is 12. The highest BCUT2D eigenvalue weighted by Crippen LogP contribution is 2.29. The van der Waals surface area contributed by atoms with E-state index in [1.165, 1.54) is 9.87 Å². The topological polar surface area (TPSA) is 75.7 Å². The van der Waals surface area contributed by atoms with E-state index in [1.807, 2.05) is 61.5 Å². The summed E-state index contributed by atoms with van der Waals surface area (Å²) in [6.07, 6.45) is 2.11. The van der Waals surface area contributed by atoms with E-state index in [1.54, 1.807) is 48.5 Å². The van der Waals surface area contributed by atoms with Crippen molar-refractivity contribution >= 4 is 21.6 Å². The molecule has 0 atom stereocenters. The second-order valence-corrected chi connectivity index (χ2v) is 11.2. The van der Waals surface area contributed by atoms with E-state index in [9.17, 15) is 13.2 Å². The molecule has 0 aliphatic rings. The third kappa shape index (κ3) is 7.27. The minimum atomic E-state index is -3.97. The SMILES string of the molecule is CCCc1ccc(OCCNC(=O)c2ccccc2N(Cc2ccccc2)S(=O)(=O)c2ccc(C)cc2)cc1. The highest BCUT2D eigenvalue weighted by Gasteiger charge is 2.28. The molecule has 202 valence electrons. The predicted octanol–water partition coefficient (Wildman–Crippen LogP) is 6.15. The summed E-state index contributed by atoms with van der Waals surface area (Å²) in [6, 6.07) is 30.8. The van der Waals surface area contributed by atoms with Crippen LogP contribution >= 0.6 is 0 Å². The first-order chi connectivity index (χ1) is 18.9. The maximum Gasteiger partial charge on any atom is 0.264 e. The van der Waals surface area contributed by atoms with Crippen LogP contribution in [0.2, 0.25) is 0 Å². The smallest absolute Gasteiger partial charge is 0.264 e. The van der Waals surface area contributed by atoms with E-state index in [2.05, 4.69) is 12.2 Å². The van der Waals surface area contributed by atoms with Gasteiger partial charge in [-0.1, -0.05) is 85.6 Å². The first-order valence-corrected chi connectivity index (χ1v) is 14.5. The second-order valence-electron chi connectivity index (χ2n) is 9.33. The normalized spacial score (nSPS) is 11.1. The van der Waals surface area contributed by atoms with E-state index >= 15 is 0 Å². The zero-order valence-corrected chi connectivity index (χ0v) is 23.2. The lowest BCUT2D eigenvalue weighted by molar-refractivity contribution is 0.0947. The zero-order valence-electron chi connectivity index (χ0n) is 22.3. The van der Waals surface area contributed by atoms with Gasteiger partial charge in [-0.2, -0.15) is 0 Å². The summed E-state index contributed by atoms with van der Waals surface area (Å²) in [6.45, 7) is 4.69. The minimum Gasteiger partial charge on any atom is -0.492 e. The average Bonchev–Trinajstić information content (AvgIpc) is 2.96. The number of nitrogens with zero attached hydrogens (tertiary/aromatic N) is 1. The number of amides is 1. The van der Waals surface area contributed by atoms with Crippen LogP contribution in [0.15, 0.2) is 108 Å². The van der Waals surface area contributed by atoms with Crippen LogP contribution in [0.25, 0.3) is 0 Å². The van der Waals surface area contributed by atoms with Crippen LogP contribution in [0.4, 0.5) is 5.69 Å². The van der Waals surface area contributed by atoms with Crippen molar-refractivity contribution < 1.29 is 17.9 Å². The van der Waals surface area contributed by atoms with Crippen molar-refractivity contribution in [2.45, 2.75) is 38.1 Å². The summed E-state index contributed by atoms with van der Waals surface area (Å²) in [5.41, 5.74) is 3.61. The molecule has 39 heavy (non-hydrogen) atoms. The number of nitrogens with one attached hydrogen (secondary N) is 1. The first-order valence-electron chi connectivity index (χ1n) is 13.1. The summed E-state index contributed by atoms with van der Waals surface area (Å²) >= 11 is 0. The van der Waals surface area contributed by atoms with E-state index < -0.39 is 10.0 Å². The van der Waals surface area contributed by atoms with E-state index in [4.69, 9.17) is 4.74 Å². The molecule has 4 aromatic rings. The summed E-state index contributed by atoms with van der Waals surface area (Å²) in [7, 11) is -3.97. The van der Waals surface area contributed by atoms with Crippen LogP contribution in [-0.4, -0.2) is 27.5 Å². The summed E-state index contributed by atoms with van der Waals surface area (Å²) < 4.78 is 34.8. The Hall–Kier alpha value is -4.10. The van der Waals surface area contributed by atoms with Gasteiger partial charge in [0.1, 0.15) is 12.4 Å². The molecule has 0 spiro atoms. The number of sulfonamides is 1. The maximum absolute atomic E-state index is 13.9. The number of para-hydroxylation sites is 1. The van der Waals surface area contributed by atoms with Crippen LogP contribution in [0, 0.1) is 6.92 Å². The Balaban J connectivity index is 1.53. The lowest BCUT2D eigenvalue weighted by atomic mass is 10.1. The molecule has 4 rings (SSSR count). The molecule has 1 N–H and O–H groups in total. The lowest BCUT2D eigenvalue weighted by Gasteiger charge is -2.26. The number of hydrogen-bond donors (Lipinski definition) is 1. The van der Waals surface area contributed by atoms with Gasteiger partial charge in [0.2, 0.25) is 0 Å². The van der Waals surface area contributed by atoms with Crippen molar-refractivity contribution in [3.8, 4) is 5.75 Å². The molecule has 0 bridgehead atoms. The van der Waals surface area contributed by atoms with Gasteiger partial charge >= 0.3 is 0 Å². The van der Waals surface area contributed by atoms with Gasteiger partial charge in [0, 0.05) is 0 Å². The number of carbonyl (C=O) groups is 1. The molecule has 0 unspecified atom stereocenters. The lowest BCUT2D eigenvalue weighted by Crippen LogP contribution is -2.34. The standard InChI is InChI=1S/C32H34N2O4S/c1-3-9-26-16-18-28(19-17-26)38-23-22-33-32(35)30-12-7-8-13-31(30)34(24-27-10-5-4-6-11-27)39(36,37)29-20-14-25(2)15-21-29/h4-8,10-21H,3,9,22-24H2,1-2H3,(H,33,35). The maximum atomic E-state index is 13.9. The van der Waals surface area contributed by atoms with Crippen molar-refractivity contribution in [1.29, 1.82) is 0 Å². The molecule has 0 radical (unpaired) electrons. The Morgan fingerprint density at radius 2 is 1.49 bits per heavy atom. The molecule has 0 heterocycles. The number of ether oxygens (including phenoxy) is 1. The number of benzene rings is 4. The Bertz CT molecular complexity index is 1470. The van der Waals surface area contributed by atoms with Gasteiger partial charge in [-0.25, -0.2) is 8.42 Å². The molecule has 0 saturated heterocycles.